The fourth-order valence-electron chi connectivity index (χ4n) is 1.36. The molecule has 0 bridgehead atoms. The van der Waals surface area contributed by atoms with Crippen LogP contribution in [-0.4, -0.2) is 28.7 Å². The van der Waals surface area contributed by atoms with Gasteiger partial charge in [0.2, 0.25) is 5.78 Å². The minimum atomic E-state index is -0.351. The van der Waals surface area contributed by atoms with E-state index in [0.717, 1.165) is 12.8 Å². The monoisotopic (exact) mass is 169 g/mol. The Morgan fingerprint density at radius 1 is 1.33 bits per heavy atom. The van der Waals surface area contributed by atoms with E-state index in [-0.39, 0.29) is 17.7 Å². The van der Waals surface area contributed by atoms with Crippen LogP contribution in [0.4, 0.5) is 0 Å². The third kappa shape index (κ3) is 1.84. The highest BCUT2D eigenvalue weighted by Crippen LogP contribution is 2.28. The van der Waals surface area contributed by atoms with Gasteiger partial charge in [-0.15, -0.1) is 0 Å². The molecule has 1 aliphatic carbocycles. The van der Waals surface area contributed by atoms with Crippen LogP contribution in [-0.2, 0) is 9.59 Å². The summed E-state index contributed by atoms with van der Waals surface area (Å²) in [6.45, 7) is 5.22. The smallest absolute Gasteiger partial charge is 0.290 e. The van der Waals surface area contributed by atoms with Crippen LogP contribution in [0.5, 0.6) is 0 Å². The van der Waals surface area contributed by atoms with Gasteiger partial charge in [0.15, 0.2) is 0 Å². The van der Waals surface area contributed by atoms with E-state index in [1.54, 1.807) is 4.90 Å². The summed E-state index contributed by atoms with van der Waals surface area (Å²) >= 11 is 0. The van der Waals surface area contributed by atoms with Gasteiger partial charge in [0.25, 0.3) is 5.91 Å². The predicted octanol–water partition coefficient (Wildman–Crippen LogP) is 0.975. The summed E-state index contributed by atoms with van der Waals surface area (Å²) in [7, 11) is 0. The molecule has 0 radical (unpaired) electrons. The van der Waals surface area contributed by atoms with Crippen LogP contribution in [0.25, 0.3) is 0 Å². The Bertz CT molecular complexity index is 205. The third-order valence-corrected chi connectivity index (χ3v) is 2.03. The van der Waals surface area contributed by atoms with Crippen molar-refractivity contribution in [1.29, 1.82) is 0 Å². The molecule has 1 amide bonds. The van der Waals surface area contributed by atoms with Crippen molar-refractivity contribution in [2.75, 3.05) is 0 Å². The van der Waals surface area contributed by atoms with Gasteiger partial charge in [0.05, 0.1) is 0 Å². The molecular formula is C9H15NO2. The van der Waals surface area contributed by atoms with E-state index in [9.17, 15) is 9.59 Å². The van der Waals surface area contributed by atoms with Gasteiger partial charge < -0.3 is 4.90 Å². The van der Waals surface area contributed by atoms with Crippen LogP contribution in [0.3, 0.4) is 0 Å². The maximum absolute atomic E-state index is 11.3. The molecule has 0 aromatic heterocycles. The van der Waals surface area contributed by atoms with Crippen molar-refractivity contribution in [3.63, 3.8) is 0 Å². The van der Waals surface area contributed by atoms with Crippen LogP contribution in [0.1, 0.15) is 33.6 Å². The second-order valence-electron chi connectivity index (χ2n) is 3.59. The number of carbonyl (C=O) groups is 2. The van der Waals surface area contributed by atoms with E-state index in [1.807, 2.05) is 13.8 Å². The Kier molecular flexibility index (Phi) is 2.50. The molecule has 0 aromatic rings. The number of amides is 1. The zero-order chi connectivity index (χ0) is 9.30. The van der Waals surface area contributed by atoms with Crippen molar-refractivity contribution < 1.29 is 9.59 Å². The molecule has 0 aromatic carbocycles. The van der Waals surface area contributed by atoms with Gasteiger partial charge in [-0.05, 0) is 26.7 Å². The van der Waals surface area contributed by atoms with Crippen molar-refractivity contribution >= 4 is 11.7 Å². The second-order valence-corrected chi connectivity index (χ2v) is 3.59. The van der Waals surface area contributed by atoms with Gasteiger partial charge in [-0.25, -0.2) is 0 Å². The zero-order valence-electron chi connectivity index (χ0n) is 7.83. The van der Waals surface area contributed by atoms with Gasteiger partial charge in [0, 0.05) is 19.0 Å². The minimum absolute atomic E-state index is 0.147. The third-order valence-electron chi connectivity index (χ3n) is 2.03. The molecule has 3 heteroatoms. The molecule has 1 saturated carbocycles. The molecule has 0 atom stereocenters. The van der Waals surface area contributed by atoms with Crippen LogP contribution >= 0.6 is 0 Å². The van der Waals surface area contributed by atoms with Gasteiger partial charge in [0.1, 0.15) is 0 Å². The van der Waals surface area contributed by atoms with E-state index < -0.39 is 0 Å². The quantitative estimate of drug-likeness (QED) is 0.590. The maximum atomic E-state index is 11.3. The fourth-order valence-corrected chi connectivity index (χ4v) is 1.36. The Hall–Kier alpha value is -0.860. The van der Waals surface area contributed by atoms with E-state index in [4.69, 9.17) is 0 Å². The number of rotatable bonds is 3. The van der Waals surface area contributed by atoms with Crippen molar-refractivity contribution in [3.05, 3.63) is 0 Å². The van der Waals surface area contributed by atoms with Gasteiger partial charge in [-0.1, -0.05) is 0 Å². The minimum Gasteiger partial charge on any atom is -0.331 e. The molecule has 3 nitrogen and oxygen atoms in total. The summed E-state index contributed by atoms with van der Waals surface area (Å²) in [6.07, 6.45) is 2.11. The molecule has 0 N–H and O–H groups in total. The normalized spacial score (nSPS) is 16.3. The van der Waals surface area contributed by atoms with E-state index in [2.05, 4.69) is 0 Å². The second kappa shape index (κ2) is 3.25. The van der Waals surface area contributed by atoms with Crippen LogP contribution in [0.15, 0.2) is 0 Å². The highest BCUT2D eigenvalue weighted by molar-refractivity contribution is 6.35. The summed E-state index contributed by atoms with van der Waals surface area (Å²) < 4.78 is 0. The summed E-state index contributed by atoms with van der Waals surface area (Å²) in [6, 6.07) is 0.482. The topological polar surface area (TPSA) is 37.4 Å². The van der Waals surface area contributed by atoms with Crippen molar-refractivity contribution in [2.45, 2.75) is 45.7 Å². The predicted molar refractivity (Wildman–Crippen MR) is 45.7 cm³/mol. The molecule has 0 aliphatic heterocycles. The standard InChI is InChI=1S/C9H15NO2/c1-6(2)10(8-4-5-8)9(12)7(3)11/h6,8H,4-5H2,1-3H3. The number of nitrogens with zero attached hydrogens (tertiary/aromatic N) is 1. The Morgan fingerprint density at radius 2 is 1.83 bits per heavy atom. The van der Waals surface area contributed by atoms with Crippen molar-refractivity contribution in [1.82, 2.24) is 4.90 Å². The zero-order valence-corrected chi connectivity index (χ0v) is 7.83. The molecule has 0 unspecified atom stereocenters. The van der Waals surface area contributed by atoms with Crippen LogP contribution in [0.2, 0.25) is 0 Å². The van der Waals surface area contributed by atoms with E-state index in [1.165, 1.54) is 6.92 Å². The highest BCUT2D eigenvalue weighted by Gasteiger charge is 2.35. The molecule has 68 valence electrons. The lowest BCUT2D eigenvalue weighted by Gasteiger charge is -2.25. The fraction of sp³-hybridized carbons (Fsp3) is 0.778. The van der Waals surface area contributed by atoms with Crippen molar-refractivity contribution in [2.24, 2.45) is 0 Å². The average Bonchev–Trinajstić information content (AvgIpc) is 2.70. The molecule has 12 heavy (non-hydrogen) atoms. The summed E-state index contributed by atoms with van der Waals surface area (Å²) in [5, 5.41) is 0. The maximum Gasteiger partial charge on any atom is 0.290 e. The van der Waals surface area contributed by atoms with Crippen LogP contribution < -0.4 is 0 Å². The number of hydrogen-bond acceptors (Lipinski definition) is 2. The molecular weight excluding hydrogens is 154 g/mol. The van der Waals surface area contributed by atoms with Gasteiger partial charge in [-0.2, -0.15) is 0 Å². The lowest BCUT2D eigenvalue weighted by Crippen LogP contribution is -2.42. The first-order chi connectivity index (χ1) is 5.54. The number of Topliss-reactive ketones (excluding diaryl/α,β-unsaturated/α-hetero) is 1. The molecule has 1 aliphatic rings. The molecule has 0 saturated heterocycles. The Labute approximate surface area is 72.7 Å². The summed E-state index contributed by atoms with van der Waals surface area (Å²) in [4.78, 5) is 23.9. The Balaban J connectivity index is 2.64. The molecule has 1 fully saturated rings. The van der Waals surface area contributed by atoms with Gasteiger partial charge in [-0.3, -0.25) is 9.59 Å². The molecule has 0 heterocycles. The first-order valence-corrected chi connectivity index (χ1v) is 4.37. The lowest BCUT2D eigenvalue weighted by atomic mass is 10.2. The first-order valence-electron chi connectivity index (χ1n) is 4.37. The first kappa shape index (κ1) is 9.23. The van der Waals surface area contributed by atoms with Crippen LogP contribution in [0, 0.1) is 0 Å². The highest BCUT2D eigenvalue weighted by atomic mass is 16.2. The van der Waals surface area contributed by atoms with Crippen molar-refractivity contribution in [3.8, 4) is 0 Å². The number of hydrogen-bond donors (Lipinski definition) is 0. The summed E-state index contributed by atoms with van der Waals surface area (Å²) in [5.74, 6) is -0.678. The van der Waals surface area contributed by atoms with E-state index >= 15 is 0 Å². The average molecular weight is 169 g/mol. The van der Waals surface area contributed by atoms with E-state index in [0.29, 0.717) is 6.04 Å². The number of carbonyl (C=O) groups excluding carboxylic acids is 2. The Morgan fingerprint density at radius 3 is 2.08 bits per heavy atom. The molecule has 0 spiro atoms. The number of ketones is 1. The summed E-state index contributed by atoms with van der Waals surface area (Å²) in [5.41, 5.74) is 0. The largest absolute Gasteiger partial charge is 0.331 e. The molecule has 1 rings (SSSR count). The SMILES string of the molecule is CC(=O)C(=O)N(C(C)C)C1CC1. The van der Waals surface area contributed by atoms with Gasteiger partial charge >= 0.3 is 0 Å². The lowest BCUT2D eigenvalue weighted by molar-refractivity contribution is -0.145.